The van der Waals surface area contributed by atoms with E-state index in [2.05, 4.69) is 41.2 Å². The van der Waals surface area contributed by atoms with E-state index < -0.39 is 0 Å². The lowest BCUT2D eigenvalue weighted by Gasteiger charge is -2.12. The van der Waals surface area contributed by atoms with Crippen molar-refractivity contribution in [3.8, 4) is 12.1 Å². The predicted octanol–water partition coefficient (Wildman–Crippen LogP) is 4.71. The van der Waals surface area contributed by atoms with Crippen LogP contribution in [0.25, 0.3) is 10.9 Å². The summed E-state index contributed by atoms with van der Waals surface area (Å²) in [5.41, 5.74) is 4.36. The molecule has 0 saturated heterocycles. The van der Waals surface area contributed by atoms with Gasteiger partial charge in [0, 0.05) is 16.5 Å². The highest BCUT2D eigenvalue weighted by Gasteiger charge is 2.11. The topological polar surface area (TPSA) is 75.4 Å². The van der Waals surface area contributed by atoms with Crippen LogP contribution < -0.4 is 10.0 Å². The largest absolute Gasteiger partial charge is 0.358 e. The molecule has 0 unspecified atom stereocenters. The molecule has 0 amide bonds. The number of hydrogen-bond acceptors (Lipinski definition) is 4. The van der Waals surface area contributed by atoms with Gasteiger partial charge in [-0.2, -0.15) is 10.5 Å². The Morgan fingerprint density at radius 2 is 1.84 bits per heavy atom. The standard InChI is InChI=1S/C19H17N4PS/c1-12-4-7-16(19-18(12)14(10-21)11-22-19)23-25-15-6-5-13(9-20)17(8-15)24(2)3/h4-8,11,22-23H,1-3H3. The summed E-state index contributed by atoms with van der Waals surface area (Å²) in [5, 5.41) is 20.6. The molecular weight excluding hydrogens is 347 g/mol. The van der Waals surface area contributed by atoms with Gasteiger partial charge in [-0.15, -0.1) is 0 Å². The fourth-order valence-corrected chi connectivity index (χ4v) is 4.55. The van der Waals surface area contributed by atoms with Crippen LogP contribution in [-0.4, -0.2) is 18.3 Å². The van der Waals surface area contributed by atoms with Gasteiger partial charge in [-0.1, -0.05) is 14.0 Å². The van der Waals surface area contributed by atoms with Crippen molar-refractivity contribution in [3.05, 3.63) is 53.2 Å². The lowest BCUT2D eigenvalue weighted by molar-refractivity contribution is 1.43. The smallest absolute Gasteiger partial charge is 0.101 e. The molecule has 1 heterocycles. The average Bonchev–Trinajstić information content (AvgIpc) is 3.06. The molecular formula is C19H17N4PS. The van der Waals surface area contributed by atoms with E-state index in [1.165, 1.54) is 11.9 Å². The SMILES string of the molecule is Cc1ccc(NSc2ccc(C#N)c(P(C)C)c2)c2[nH]cc(C#N)c12. The summed E-state index contributed by atoms with van der Waals surface area (Å²) in [6.07, 6.45) is 1.74. The van der Waals surface area contributed by atoms with Crippen molar-refractivity contribution in [1.82, 2.24) is 4.98 Å². The van der Waals surface area contributed by atoms with E-state index in [9.17, 15) is 10.5 Å². The van der Waals surface area contributed by atoms with Gasteiger partial charge in [0.2, 0.25) is 0 Å². The molecule has 0 aliphatic rings. The van der Waals surface area contributed by atoms with Crippen LogP contribution in [-0.2, 0) is 0 Å². The highest BCUT2D eigenvalue weighted by Crippen LogP contribution is 2.33. The zero-order chi connectivity index (χ0) is 18.0. The monoisotopic (exact) mass is 364 g/mol. The van der Waals surface area contributed by atoms with Gasteiger partial charge in [0.05, 0.1) is 28.4 Å². The van der Waals surface area contributed by atoms with Crippen LogP contribution in [0.4, 0.5) is 5.69 Å². The van der Waals surface area contributed by atoms with E-state index >= 15 is 0 Å². The van der Waals surface area contributed by atoms with Crippen LogP contribution in [0.5, 0.6) is 0 Å². The quantitative estimate of drug-likeness (QED) is 0.519. The lowest BCUT2D eigenvalue weighted by Crippen LogP contribution is -2.05. The number of aromatic nitrogens is 1. The molecule has 124 valence electrons. The number of rotatable bonds is 4. The third-order valence-electron chi connectivity index (χ3n) is 4.01. The summed E-state index contributed by atoms with van der Waals surface area (Å²) in [5.74, 6) is 0. The van der Waals surface area contributed by atoms with Crippen LogP contribution in [0.15, 0.2) is 41.4 Å². The minimum absolute atomic E-state index is 0.341. The van der Waals surface area contributed by atoms with E-state index in [-0.39, 0.29) is 7.92 Å². The summed E-state index contributed by atoms with van der Waals surface area (Å²) >= 11 is 1.51. The number of aromatic amines is 1. The third-order valence-corrected chi connectivity index (χ3v) is 6.16. The fraction of sp³-hybridized carbons (Fsp3) is 0.158. The van der Waals surface area contributed by atoms with Crippen molar-refractivity contribution < 1.29 is 0 Å². The second kappa shape index (κ2) is 7.19. The van der Waals surface area contributed by atoms with E-state index in [0.29, 0.717) is 5.56 Å². The number of fused-ring (bicyclic) bond motifs is 1. The number of benzene rings is 2. The summed E-state index contributed by atoms with van der Waals surface area (Å²) in [7, 11) is -0.341. The first-order chi connectivity index (χ1) is 12.0. The second-order valence-electron chi connectivity index (χ2n) is 5.88. The summed E-state index contributed by atoms with van der Waals surface area (Å²) < 4.78 is 3.37. The van der Waals surface area contributed by atoms with Crippen molar-refractivity contribution in [1.29, 1.82) is 10.5 Å². The zero-order valence-electron chi connectivity index (χ0n) is 14.2. The van der Waals surface area contributed by atoms with Gasteiger partial charge in [0.25, 0.3) is 0 Å². The zero-order valence-corrected chi connectivity index (χ0v) is 15.9. The Bertz CT molecular complexity index is 1020. The van der Waals surface area contributed by atoms with Crippen LogP contribution in [0.1, 0.15) is 16.7 Å². The number of aryl methyl sites for hydroxylation is 1. The lowest BCUT2D eigenvalue weighted by atomic mass is 10.1. The van der Waals surface area contributed by atoms with Crippen LogP contribution >= 0.6 is 19.9 Å². The summed E-state index contributed by atoms with van der Waals surface area (Å²) in [6, 6.07) is 14.5. The number of hydrogen-bond donors (Lipinski definition) is 2. The normalized spacial score (nSPS) is 10.6. The average molecular weight is 364 g/mol. The molecule has 6 heteroatoms. The molecule has 2 N–H and O–H groups in total. The maximum absolute atomic E-state index is 9.26. The molecule has 1 aromatic heterocycles. The first-order valence-corrected chi connectivity index (χ1v) is 10.8. The third kappa shape index (κ3) is 3.35. The molecule has 0 fully saturated rings. The minimum atomic E-state index is -0.341. The number of nitrogens with one attached hydrogen (secondary N) is 2. The van der Waals surface area contributed by atoms with Gasteiger partial charge in [0.1, 0.15) is 6.07 Å². The van der Waals surface area contributed by atoms with E-state index in [4.69, 9.17) is 0 Å². The molecule has 0 saturated carbocycles. The van der Waals surface area contributed by atoms with Crippen LogP contribution in [0.3, 0.4) is 0 Å². The van der Waals surface area contributed by atoms with Gasteiger partial charge in [-0.05, 0) is 67.3 Å². The summed E-state index contributed by atoms with van der Waals surface area (Å²) in [4.78, 5) is 4.26. The van der Waals surface area contributed by atoms with Crippen molar-refractivity contribution >= 4 is 41.8 Å². The maximum atomic E-state index is 9.26. The number of nitriles is 2. The first-order valence-electron chi connectivity index (χ1n) is 7.70. The molecule has 0 aliphatic heterocycles. The molecule has 25 heavy (non-hydrogen) atoms. The van der Waals surface area contributed by atoms with Gasteiger partial charge in [-0.3, -0.25) is 0 Å². The van der Waals surface area contributed by atoms with Gasteiger partial charge >= 0.3 is 0 Å². The Kier molecular flexibility index (Phi) is 5.00. The van der Waals surface area contributed by atoms with Crippen molar-refractivity contribution in [2.24, 2.45) is 0 Å². The van der Waals surface area contributed by atoms with Gasteiger partial charge < -0.3 is 9.71 Å². The Labute approximate surface area is 152 Å². The van der Waals surface area contributed by atoms with Gasteiger partial charge in [-0.25, -0.2) is 0 Å². The van der Waals surface area contributed by atoms with Crippen LogP contribution in [0, 0.1) is 29.6 Å². The number of H-pyrrole nitrogens is 1. The molecule has 2 aromatic carbocycles. The highest BCUT2D eigenvalue weighted by molar-refractivity contribution is 8.00. The molecule has 4 nitrogen and oxygen atoms in total. The Hall–Kier alpha value is -2.46. The summed E-state index contributed by atoms with van der Waals surface area (Å²) in [6.45, 7) is 6.31. The Balaban J connectivity index is 1.90. The van der Waals surface area contributed by atoms with E-state index in [0.717, 1.165) is 37.9 Å². The minimum Gasteiger partial charge on any atom is -0.358 e. The van der Waals surface area contributed by atoms with Gasteiger partial charge in [0.15, 0.2) is 0 Å². The molecule has 0 atom stereocenters. The Morgan fingerprint density at radius 1 is 1.08 bits per heavy atom. The molecule has 3 rings (SSSR count). The number of nitrogens with zero attached hydrogens (tertiary/aromatic N) is 2. The molecule has 0 spiro atoms. The van der Waals surface area contributed by atoms with Crippen molar-refractivity contribution in [2.75, 3.05) is 18.1 Å². The van der Waals surface area contributed by atoms with Crippen LogP contribution in [0.2, 0.25) is 0 Å². The number of anilines is 1. The van der Waals surface area contributed by atoms with E-state index in [1.54, 1.807) is 6.20 Å². The molecule has 0 radical (unpaired) electrons. The van der Waals surface area contributed by atoms with Crippen molar-refractivity contribution in [2.45, 2.75) is 11.8 Å². The molecule has 3 aromatic rings. The van der Waals surface area contributed by atoms with Crippen molar-refractivity contribution in [3.63, 3.8) is 0 Å². The Morgan fingerprint density at radius 3 is 2.52 bits per heavy atom. The predicted molar refractivity (Wildman–Crippen MR) is 107 cm³/mol. The second-order valence-corrected chi connectivity index (χ2v) is 9.03. The van der Waals surface area contributed by atoms with E-state index in [1.807, 2.05) is 31.2 Å². The maximum Gasteiger partial charge on any atom is 0.101 e. The highest BCUT2D eigenvalue weighted by atomic mass is 32.2. The fourth-order valence-electron chi connectivity index (χ4n) is 2.75. The molecule has 0 aliphatic carbocycles. The molecule has 0 bridgehead atoms. The first kappa shape index (κ1) is 17.4.